The third-order valence-corrected chi connectivity index (χ3v) is 6.76. The third-order valence-electron chi connectivity index (χ3n) is 5.10. The van der Waals surface area contributed by atoms with E-state index in [4.69, 9.17) is 23.2 Å². The van der Waals surface area contributed by atoms with Gasteiger partial charge in [-0.25, -0.2) is 4.39 Å². The summed E-state index contributed by atoms with van der Waals surface area (Å²) in [5.74, 6) is -2.10. The first-order valence-electron chi connectivity index (χ1n) is 9.38. The molecule has 0 spiro atoms. The molecule has 1 aromatic heterocycles. The zero-order valence-electron chi connectivity index (χ0n) is 16.0. The van der Waals surface area contributed by atoms with E-state index in [-0.39, 0.29) is 28.7 Å². The van der Waals surface area contributed by atoms with Crippen LogP contribution in [0, 0.1) is 5.82 Å². The minimum atomic E-state index is -0.763. The number of halogens is 3. The lowest BCUT2D eigenvalue weighted by Gasteiger charge is -2.24. The number of carbonyl (C=O) groups is 2. The zero-order chi connectivity index (χ0) is 22.1. The molecule has 1 saturated heterocycles. The lowest BCUT2D eigenvalue weighted by atomic mass is 9.99. The first-order chi connectivity index (χ1) is 14.9. The zero-order valence-corrected chi connectivity index (χ0v) is 18.3. The van der Waals surface area contributed by atoms with Crippen LogP contribution >= 0.6 is 34.5 Å². The van der Waals surface area contributed by atoms with Gasteiger partial charge < -0.3 is 10.0 Å². The smallest absolute Gasteiger partial charge is 0.295 e. The van der Waals surface area contributed by atoms with Crippen LogP contribution in [0.5, 0.6) is 0 Å². The van der Waals surface area contributed by atoms with Crippen LogP contribution in [-0.4, -0.2) is 28.2 Å². The summed E-state index contributed by atoms with van der Waals surface area (Å²) in [6.07, 6.45) is 0.433. The fourth-order valence-electron chi connectivity index (χ4n) is 3.55. The Morgan fingerprint density at radius 2 is 1.81 bits per heavy atom. The van der Waals surface area contributed by atoms with E-state index in [1.54, 1.807) is 18.2 Å². The molecule has 158 valence electrons. The van der Waals surface area contributed by atoms with Crippen molar-refractivity contribution in [3.63, 3.8) is 0 Å². The Kier molecular flexibility index (Phi) is 6.14. The molecule has 3 aromatic rings. The molecule has 0 aliphatic carbocycles. The van der Waals surface area contributed by atoms with E-state index >= 15 is 0 Å². The van der Waals surface area contributed by atoms with Gasteiger partial charge in [-0.2, -0.15) is 0 Å². The Morgan fingerprint density at radius 3 is 2.45 bits per heavy atom. The molecule has 2 aromatic carbocycles. The lowest BCUT2D eigenvalue weighted by Crippen LogP contribution is -2.31. The van der Waals surface area contributed by atoms with Gasteiger partial charge in [0.1, 0.15) is 11.6 Å². The summed E-state index contributed by atoms with van der Waals surface area (Å²) in [5.41, 5.74) is 1.13. The third kappa shape index (κ3) is 4.24. The maximum absolute atomic E-state index is 13.2. The standard InChI is InChI=1S/C23H16Cl2FNO3S/c24-16-8-5-14(12-17(16)25)21(28)19-20(18-2-1-11-31-18)27(23(30)22(19)29)10-9-13-3-6-15(26)7-4-13/h1-8,11-12,20,28H,9-10H2/b21-19-. The molecule has 1 atom stereocenters. The van der Waals surface area contributed by atoms with Crippen molar-refractivity contribution in [2.75, 3.05) is 6.54 Å². The van der Waals surface area contributed by atoms with Gasteiger partial charge in [0.25, 0.3) is 11.7 Å². The predicted molar refractivity (Wildman–Crippen MR) is 120 cm³/mol. The number of hydrogen-bond acceptors (Lipinski definition) is 4. The number of aliphatic hydroxyl groups is 1. The molecule has 8 heteroatoms. The van der Waals surface area contributed by atoms with Gasteiger partial charge in [-0.05, 0) is 53.8 Å². The number of thiophene rings is 1. The summed E-state index contributed by atoms with van der Waals surface area (Å²) in [4.78, 5) is 28.0. The van der Waals surface area contributed by atoms with Crippen molar-refractivity contribution in [1.29, 1.82) is 0 Å². The number of aliphatic hydroxyl groups excluding tert-OH is 1. The highest BCUT2D eigenvalue weighted by Gasteiger charge is 2.46. The molecular weight excluding hydrogens is 460 g/mol. The van der Waals surface area contributed by atoms with Crippen LogP contribution in [0.1, 0.15) is 22.0 Å². The quantitative estimate of drug-likeness (QED) is 0.285. The van der Waals surface area contributed by atoms with Gasteiger partial charge >= 0.3 is 0 Å². The maximum atomic E-state index is 13.2. The normalized spacial score (nSPS) is 18.0. The molecule has 4 rings (SSSR count). The Hall–Kier alpha value is -2.67. The van der Waals surface area contributed by atoms with Crippen molar-refractivity contribution in [3.8, 4) is 0 Å². The summed E-state index contributed by atoms with van der Waals surface area (Å²) < 4.78 is 13.2. The van der Waals surface area contributed by atoms with Crippen molar-refractivity contribution in [1.82, 2.24) is 4.90 Å². The van der Waals surface area contributed by atoms with Crippen molar-refractivity contribution < 1.29 is 19.1 Å². The summed E-state index contributed by atoms with van der Waals surface area (Å²) >= 11 is 13.4. The van der Waals surface area contributed by atoms with E-state index in [1.165, 1.54) is 40.5 Å². The molecule has 0 saturated carbocycles. The number of likely N-dealkylation sites (tertiary alicyclic amines) is 1. The van der Waals surface area contributed by atoms with E-state index in [0.717, 1.165) is 10.4 Å². The van der Waals surface area contributed by atoms with Crippen LogP contribution in [0.25, 0.3) is 5.76 Å². The summed E-state index contributed by atoms with van der Waals surface area (Å²) in [6, 6.07) is 13.4. The fraction of sp³-hybridized carbons (Fsp3) is 0.130. The molecule has 1 fully saturated rings. The molecular formula is C23H16Cl2FNO3S. The first-order valence-corrected chi connectivity index (χ1v) is 11.0. The summed E-state index contributed by atoms with van der Waals surface area (Å²) in [5, 5.41) is 13.3. The monoisotopic (exact) mass is 475 g/mol. The second-order valence-electron chi connectivity index (χ2n) is 7.01. The van der Waals surface area contributed by atoms with Gasteiger partial charge in [0.2, 0.25) is 0 Å². The maximum Gasteiger partial charge on any atom is 0.295 e. The number of Topliss-reactive ketones (excluding diaryl/α,β-unsaturated/α-hetero) is 1. The fourth-order valence-corrected chi connectivity index (χ4v) is 4.70. The van der Waals surface area contributed by atoms with E-state index in [2.05, 4.69) is 0 Å². The van der Waals surface area contributed by atoms with Crippen LogP contribution < -0.4 is 0 Å². The Morgan fingerprint density at radius 1 is 1.06 bits per heavy atom. The van der Waals surface area contributed by atoms with Crippen LogP contribution in [0.2, 0.25) is 10.0 Å². The first kappa shape index (κ1) is 21.6. The van der Waals surface area contributed by atoms with Crippen molar-refractivity contribution in [2.45, 2.75) is 12.5 Å². The van der Waals surface area contributed by atoms with Gasteiger partial charge in [-0.1, -0.05) is 41.4 Å². The highest BCUT2D eigenvalue weighted by Crippen LogP contribution is 2.41. The number of rotatable bonds is 5. The lowest BCUT2D eigenvalue weighted by molar-refractivity contribution is -0.139. The highest BCUT2D eigenvalue weighted by molar-refractivity contribution is 7.10. The van der Waals surface area contributed by atoms with E-state index in [9.17, 15) is 19.1 Å². The number of nitrogens with zero attached hydrogens (tertiary/aromatic N) is 1. The topological polar surface area (TPSA) is 57.6 Å². The number of carbonyl (C=O) groups excluding carboxylic acids is 2. The molecule has 1 unspecified atom stereocenters. The SMILES string of the molecule is O=C1C(=O)N(CCc2ccc(F)cc2)C(c2cccs2)/C1=C(/O)c1ccc(Cl)c(Cl)c1. The molecule has 1 amide bonds. The Labute approximate surface area is 192 Å². The summed E-state index contributed by atoms with van der Waals surface area (Å²) in [6.45, 7) is 0.233. The summed E-state index contributed by atoms with van der Waals surface area (Å²) in [7, 11) is 0. The molecule has 0 bridgehead atoms. The molecule has 1 N–H and O–H groups in total. The predicted octanol–water partition coefficient (Wildman–Crippen LogP) is 5.86. The van der Waals surface area contributed by atoms with Gasteiger partial charge in [-0.15, -0.1) is 11.3 Å². The van der Waals surface area contributed by atoms with Gasteiger partial charge in [-0.3, -0.25) is 9.59 Å². The molecule has 2 heterocycles. The van der Waals surface area contributed by atoms with Crippen LogP contribution in [0.3, 0.4) is 0 Å². The molecule has 4 nitrogen and oxygen atoms in total. The van der Waals surface area contributed by atoms with Crippen molar-refractivity contribution in [3.05, 3.63) is 97.4 Å². The number of benzene rings is 2. The number of ketones is 1. The largest absolute Gasteiger partial charge is 0.507 e. The molecule has 1 aliphatic heterocycles. The molecule has 31 heavy (non-hydrogen) atoms. The van der Waals surface area contributed by atoms with Crippen molar-refractivity contribution >= 4 is 52.0 Å². The van der Waals surface area contributed by atoms with E-state index < -0.39 is 17.7 Å². The van der Waals surface area contributed by atoms with Gasteiger partial charge in [0.15, 0.2) is 0 Å². The van der Waals surface area contributed by atoms with E-state index in [0.29, 0.717) is 17.0 Å². The minimum Gasteiger partial charge on any atom is -0.507 e. The number of hydrogen-bond donors (Lipinski definition) is 1. The van der Waals surface area contributed by atoms with Gasteiger partial charge in [0, 0.05) is 17.0 Å². The van der Waals surface area contributed by atoms with Gasteiger partial charge in [0.05, 0.1) is 21.7 Å². The van der Waals surface area contributed by atoms with Crippen LogP contribution in [-0.2, 0) is 16.0 Å². The molecule has 0 radical (unpaired) electrons. The minimum absolute atomic E-state index is 0.00458. The second-order valence-corrected chi connectivity index (χ2v) is 8.81. The van der Waals surface area contributed by atoms with E-state index in [1.807, 2.05) is 17.5 Å². The molecule has 1 aliphatic rings. The highest BCUT2D eigenvalue weighted by atomic mass is 35.5. The Balaban J connectivity index is 1.74. The average molecular weight is 476 g/mol. The van der Waals surface area contributed by atoms with Crippen molar-refractivity contribution in [2.24, 2.45) is 0 Å². The average Bonchev–Trinajstić information content (AvgIpc) is 3.37. The number of amides is 1. The van der Waals surface area contributed by atoms with Crippen LogP contribution in [0.15, 0.2) is 65.6 Å². The Bertz CT molecular complexity index is 1180. The second kappa shape index (κ2) is 8.83. The van der Waals surface area contributed by atoms with Crippen LogP contribution in [0.4, 0.5) is 4.39 Å².